The number of rotatable bonds is 9. The fourth-order valence-corrected chi connectivity index (χ4v) is 10.3. The van der Waals surface area contributed by atoms with Gasteiger partial charge in [-0.05, 0) is 90.7 Å². The van der Waals surface area contributed by atoms with Crippen LogP contribution in [0.2, 0.25) is 0 Å². The minimum absolute atomic E-state index is 0.0906. The molecule has 0 aliphatic rings. The van der Waals surface area contributed by atoms with E-state index in [-0.39, 0.29) is 28.6 Å². The molecule has 0 saturated carbocycles. The standard InChI is InChI=1S/C67H42F6N6/c1-40-27-41(2)29-49(28-40)47-23-25-53-54-26-24-48(50-32-51(66(68,69)70)36-52(33-50)67(71,72)73)35-62(54)79(61(53)34-47)63-55(60-38-59(45-19-11-5-12-20-45)75-64(78-60)46-21-13-6-14-22-46)30-42(39-74)31-56(63)65-76-57(43-15-7-3-8-16-43)37-58(77-65)44-17-9-4-10-18-44/h3-38H,1-2H3. The first-order valence-electron chi connectivity index (χ1n) is 25.2. The molecule has 0 N–H and O–H groups in total. The van der Waals surface area contributed by atoms with Crippen LogP contribution in [0.4, 0.5) is 26.3 Å². The summed E-state index contributed by atoms with van der Waals surface area (Å²) in [6.45, 7) is 4.03. The van der Waals surface area contributed by atoms with Gasteiger partial charge in [-0.25, -0.2) is 19.9 Å². The molecule has 0 bridgehead atoms. The summed E-state index contributed by atoms with van der Waals surface area (Å²) in [4.78, 5) is 21.0. The fraction of sp³-hybridized carbons (Fsp3) is 0.0597. The van der Waals surface area contributed by atoms with Crippen molar-refractivity contribution in [1.29, 1.82) is 5.26 Å². The number of nitrogens with zero attached hydrogens (tertiary/aromatic N) is 6. The molecule has 0 amide bonds. The summed E-state index contributed by atoms with van der Waals surface area (Å²) < 4.78 is 89.3. The van der Waals surface area contributed by atoms with Gasteiger partial charge in [-0.3, -0.25) is 0 Å². The number of fused-ring (bicyclic) bond motifs is 3. The van der Waals surface area contributed by atoms with Gasteiger partial charge in [0.25, 0.3) is 0 Å². The van der Waals surface area contributed by atoms with Crippen LogP contribution >= 0.6 is 0 Å². The van der Waals surface area contributed by atoms with Crippen molar-refractivity contribution in [3.8, 4) is 102 Å². The smallest absolute Gasteiger partial charge is 0.308 e. The monoisotopic (exact) mass is 1040 g/mol. The number of alkyl halides is 6. The number of hydrogen-bond donors (Lipinski definition) is 0. The molecule has 0 saturated heterocycles. The van der Waals surface area contributed by atoms with Crippen LogP contribution in [-0.2, 0) is 12.4 Å². The molecule has 0 aliphatic heterocycles. The molecule has 0 aliphatic carbocycles. The molecule has 0 radical (unpaired) electrons. The van der Waals surface area contributed by atoms with Crippen LogP contribution in [0.1, 0.15) is 27.8 Å². The highest BCUT2D eigenvalue weighted by Gasteiger charge is 2.37. The SMILES string of the molecule is Cc1cc(C)cc(-c2ccc3c4ccc(-c5cc(C(F)(F)F)cc(C(F)(F)F)c5)cc4n(-c4c(-c5cc(-c6ccccc6)nc(-c6ccccc6)n5)cc(C#N)cc4-c4nc(-c5ccccc5)cc(-c5ccccc5)n4)c3c2)c1. The Labute approximate surface area is 450 Å². The molecular formula is C67H42F6N6. The maximum atomic E-state index is 14.6. The van der Waals surface area contributed by atoms with E-state index >= 15 is 0 Å². The molecule has 0 fully saturated rings. The Balaban J connectivity index is 1.27. The number of hydrogen-bond acceptors (Lipinski definition) is 5. The molecule has 0 unspecified atom stereocenters. The Bertz CT molecular complexity index is 4040. The van der Waals surface area contributed by atoms with E-state index in [9.17, 15) is 31.6 Å². The van der Waals surface area contributed by atoms with Crippen molar-refractivity contribution in [3.05, 3.63) is 246 Å². The van der Waals surface area contributed by atoms with Crippen molar-refractivity contribution in [2.45, 2.75) is 26.2 Å². The van der Waals surface area contributed by atoms with Crippen molar-refractivity contribution in [2.75, 3.05) is 0 Å². The summed E-state index contributed by atoms with van der Waals surface area (Å²) >= 11 is 0. The zero-order valence-electron chi connectivity index (χ0n) is 42.2. The number of aromatic nitrogens is 5. The number of nitriles is 1. The van der Waals surface area contributed by atoms with Gasteiger partial charge in [-0.2, -0.15) is 31.6 Å². The summed E-state index contributed by atoms with van der Waals surface area (Å²) in [6, 6.07) is 66.6. The Hall–Kier alpha value is -9.99. The summed E-state index contributed by atoms with van der Waals surface area (Å²) in [6.07, 6.45) is -10.2. The number of halogens is 6. The van der Waals surface area contributed by atoms with Crippen LogP contribution in [0.3, 0.4) is 0 Å². The van der Waals surface area contributed by atoms with Gasteiger partial charge in [0.1, 0.15) is 0 Å². The van der Waals surface area contributed by atoms with Crippen LogP contribution < -0.4 is 0 Å². The Morgan fingerprint density at radius 3 is 1.23 bits per heavy atom. The zero-order chi connectivity index (χ0) is 54.6. The topological polar surface area (TPSA) is 80.3 Å². The first kappa shape index (κ1) is 49.9. The molecule has 3 aromatic heterocycles. The maximum absolute atomic E-state index is 14.6. The third kappa shape index (κ3) is 9.79. The van der Waals surface area contributed by atoms with E-state index in [0.717, 1.165) is 56.5 Å². The minimum Gasteiger partial charge on any atom is -0.308 e. The first-order chi connectivity index (χ1) is 38.1. The van der Waals surface area contributed by atoms with Crippen LogP contribution in [0.5, 0.6) is 0 Å². The van der Waals surface area contributed by atoms with Gasteiger partial charge in [0.05, 0.1) is 62.3 Å². The Kier molecular flexibility index (Phi) is 12.5. The lowest BCUT2D eigenvalue weighted by atomic mass is 9.96. The second-order valence-corrected chi connectivity index (χ2v) is 19.4. The predicted octanol–water partition coefficient (Wildman–Crippen LogP) is 18.2. The van der Waals surface area contributed by atoms with Crippen molar-refractivity contribution < 1.29 is 26.3 Å². The van der Waals surface area contributed by atoms with Crippen molar-refractivity contribution in [2.24, 2.45) is 0 Å². The number of aryl methyl sites for hydroxylation is 2. The molecule has 79 heavy (non-hydrogen) atoms. The number of benzene rings is 9. The first-order valence-corrected chi connectivity index (χ1v) is 25.2. The molecule has 0 spiro atoms. The molecule has 382 valence electrons. The lowest BCUT2D eigenvalue weighted by Gasteiger charge is -2.20. The van der Waals surface area contributed by atoms with Gasteiger partial charge in [0.2, 0.25) is 0 Å². The third-order valence-electron chi connectivity index (χ3n) is 13.9. The van der Waals surface area contributed by atoms with Gasteiger partial charge in [0, 0.05) is 44.2 Å². The largest absolute Gasteiger partial charge is 0.416 e. The Morgan fingerprint density at radius 1 is 0.367 bits per heavy atom. The van der Waals surface area contributed by atoms with Crippen molar-refractivity contribution in [1.82, 2.24) is 24.5 Å². The van der Waals surface area contributed by atoms with Gasteiger partial charge < -0.3 is 4.57 Å². The highest BCUT2D eigenvalue weighted by molar-refractivity contribution is 6.12. The Morgan fingerprint density at radius 2 is 0.772 bits per heavy atom. The van der Waals surface area contributed by atoms with E-state index in [1.807, 2.05) is 170 Å². The molecule has 0 atom stereocenters. The molecule has 6 nitrogen and oxygen atoms in total. The van der Waals surface area contributed by atoms with E-state index < -0.39 is 23.5 Å². The minimum atomic E-state index is -5.09. The molecule has 12 aromatic rings. The van der Waals surface area contributed by atoms with E-state index in [4.69, 9.17) is 19.9 Å². The summed E-state index contributed by atoms with van der Waals surface area (Å²) in [7, 11) is 0. The average Bonchev–Trinajstić information content (AvgIpc) is 4.07. The van der Waals surface area contributed by atoms with Gasteiger partial charge in [-0.15, -0.1) is 0 Å². The molecule has 12 rings (SSSR count). The van der Waals surface area contributed by atoms with Gasteiger partial charge in [0.15, 0.2) is 11.6 Å². The van der Waals surface area contributed by atoms with Crippen LogP contribution in [-0.4, -0.2) is 24.5 Å². The van der Waals surface area contributed by atoms with E-state index in [1.54, 1.807) is 30.3 Å². The second kappa shape index (κ2) is 19.9. The van der Waals surface area contributed by atoms with Crippen LogP contribution in [0.25, 0.3) is 118 Å². The highest BCUT2D eigenvalue weighted by Crippen LogP contribution is 2.46. The summed E-state index contributed by atoms with van der Waals surface area (Å²) in [5, 5.41) is 12.5. The molecule has 3 heterocycles. The maximum Gasteiger partial charge on any atom is 0.416 e. The lowest BCUT2D eigenvalue weighted by Crippen LogP contribution is -2.11. The molecule has 12 heteroatoms. The van der Waals surface area contributed by atoms with Crippen LogP contribution in [0, 0.1) is 25.2 Å². The van der Waals surface area contributed by atoms with E-state index in [2.05, 4.69) is 24.3 Å². The predicted molar refractivity (Wildman–Crippen MR) is 300 cm³/mol. The normalized spacial score (nSPS) is 11.8. The quantitative estimate of drug-likeness (QED) is 0.135. The van der Waals surface area contributed by atoms with Crippen molar-refractivity contribution in [3.63, 3.8) is 0 Å². The average molecular weight is 1050 g/mol. The summed E-state index contributed by atoms with van der Waals surface area (Å²) in [5.41, 5.74) is 8.44. The lowest BCUT2D eigenvalue weighted by molar-refractivity contribution is -0.143. The van der Waals surface area contributed by atoms with Gasteiger partial charge >= 0.3 is 12.4 Å². The zero-order valence-corrected chi connectivity index (χ0v) is 42.2. The fourth-order valence-electron chi connectivity index (χ4n) is 10.3. The van der Waals surface area contributed by atoms with Crippen LogP contribution in [0.15, 0.2) is 218 Å². The third-order valence-corrected chi connectivity index (χ3v) is 13.9. The van der Waals surface area contributed by atoms with E-state index in [1.165, 1.54) is 0 Å². The summed E-state index contributed by atoms with van der Waals surface area (Å²) in [5.74, 6) is 0.602. The molecule has 9 aromatic carbocycles. The van der Waals surface area contributed by atoms with E-state index in [0.29, 0.717) is 67.4 Å². The molecular weight excluding hydrogens is 1000 g/mol. The second-order valence-electron chi connectivity index (χ2n) is 19.4. The van der Waals surface area contributed by atoms with Gasteiger partial charge in [-0.1, -0.05) is 175 Å². The van der Waals surface area contributed by atoms with Crippen molar-refractivity contribution >= 4 is 21.8 Å². The highest BCUT2D eigenvalue weighted by atomic mass is 19.4.